The summed E-state index contributed by atoms with van der Waals surface area (Å²) in [6.45, 7) is 5.01. The Morgan fingerprint density at radius 1 is 1.16 bits per heavy atom. The Morgan fingerprint density at radius 3 is 2.81 bits per heavy atom. The Hall–Kier alpha value is -4.00. The number of piperidine rings is 1. The van der Waals surface area contributed by atoms with Crippen LogP contribution in [-0.4, -0.2) is 54.8 Å². The molecule has 0 aliphatic carbocycles. The van der Waals surface area contributed by atoms with Gasteiger partial charge in [-0.1, -0.05) is 11.6 Å². The topological polar surface area (TPSA) is 109 Å². The van der Waals surface area contributed by atoms with Crippen LogP contribution in [0, 0.1) is 24.2 Å². The SMILES string of the molecule is Cc1nc2c(C#N)cc(Oc3ccc4ncc(-c5cnn(CC6CCN(C)CC6)c5)nc4c3Cl)cc2[nH]1. The second-order valence-corrected chi connectivity index (χ2v) is 9.98. The summed E-state index contributed by atoms with van der Waals surface area (Å²) < 4.78 is 8.10. The third kappa shape index (κ3) is 4.61. The number of aromatic amines is 1. The molecule has 9 nitrogen and oxygen atoms in total. The molecule has 1 aliphatic heterocycles. The standard InChI is InChI=1S/C27H25ClN8O/c1-16-32-22-10-20(9-18(11-29)26(22)33-16)37-24-4-3-21-27(25(24)28)34-23(13-30-21)19-12-31-36(15-19)14-17-5-7-35(2)8-6-17/h3-4,9-10,12-13,15,17H,5-8,14H2,1-2H3,(H,32,33). The molecule has 3 aromatic heterocycles. The van der Waals surface area contributed by atoms with Gasteiger partial charge in [0.25, 0.3) is 0 Å². The van der Waals surface area contributed by atoms with E-state index in [1.54, 1.807) is 24.4 Å². The van der Waals surface area contributed by atoms with Crippen LogP contribution >= 0.6 is 11.6 Å². The van der Waals surface area contributed by atoms with E-state index in [0.29, 0.717) is 50.2 Å². The highest BCUT2D eigenvalue weighted by atomic mass is 35.5. The first-order chi connectivity index (χ1) is 18.0. The summed E-state index contributed by atoms with van der Waals surface area (Å²) in [4.78, 5) is 19.3. The number of hydrogen-bond donors (Lipinski definition) is 1. The number of nitriles is 1. The van der Waals surface area contributed by atoms with E-state index in [1.807, 2.05) is 30.1 Å². The highest BCUT2D eigenvalue weighted by Crippen LogP contribution is 2.36. The van der Waals surface area contributed by atoms with Crippen molar-refractivity contribution in [2.75, 3.05) is 20.1 Å². The highest BCUT2D eigenvalue weighted by Gasteiger charge is 2.18. The molecular weight excluding hydrogens is 488 g/mol. The van der Waals surface area contributed by atoms with Gasteiger partial charge in [0.05, 0.1) is 34.7 Å². The Balaban J connectivity index is 1.28. The normalized spacial score (nSPS) is 14.9. The van der Waals surface area contributed by atoms with E-state index in [4.69, 9.17) is 21.3 Å². The number of H-pyrrole nitrogens is 1. The summed E-state index contributed by atoms with van der Waals surface area (Å²) in [5, 5.41) is 14.5. The number of likely N-dealkylation sites (tertiary alicyclic amines) is 1. The van der Waals surface area contributed by atoms with Crippen LogP contribution in [0.3, 0.4) is 0 Å². The third-order valence-corrected chi connectivity index (χ3v) is 7.22. The summed E-state index contributed by atoms with van der Waals surface area (Å²) in [5.74, 6) is 2.27. The van der Waals surface area contributed by atoms with Gasteiger partial charge in [-0.3, -0.25) is 9.67 Å². The zero-order valence-electron chi connectivity index (χ0n) is 20.6. The second-order valence-electron chi connectivity index (χ2n) is 9.60. The molecule has 0 bridgehead atoms. The molecule has 37 heavy (non-hydrogen) atoms. The quantitative estimate of drug-likeness (QED) is 0.338. The highest BCUT2D eigenvalue weighted by molar-refractivity contribution is 6.36. The average Bonchev–Trinajstić information content (AvgIpc) is 3.52. The molecule has 10 heteroatoms. The lowest BCUT2D eigenvalue weighted by Gasteiger charge is -2.28. The van der Waals surface area contributed by atoms with Crippen LogP contribution in [0.2, 0.25) is 5.02 Å². The summed E-state index contributed by atoms with van der Waals surface area (Å²) in [7, 11) is 2.17. The van der Waals surface area contributed by atoms with Crippen molar-refractivity contribution in [1.29, 1.82) is 5.26 Å². The van der Waals surface area contributed by atoms with Gasteiger partial charge >= 0.3 is 0 Å². The number of fused-ring (bicyclic) bond motifs is 2. The van der Waals surface area contributed by atoms with Gasteiger partial charge in [-0.25, -0.2) is 9.97 Å². The number of aryl methyl sites for hydroxylation is 1. The molecular formula is C27H25ClN8O. The molecule has 0 amide bonds. The predicted molar refractivity (Wildman–Crippen MR) is 142 cm³/mol. The molecule has 1 N–H and O–H groups in total. The Kier molecular flexibility index (Phi) is 5.99. The van der Waals surface area contributed by atoms with Crippen molar-refractivity contribution in [1.82, 2.24) is 34.6 Å². The maximum atomic E-state index is 9.56. The predicted octanol–water partition coefficient (Wildman–Crippen LogP) is 5.34. The van der Waals surface area contributed by atoms with Gasteiger partial charge < -0.3 is 14.6 Å². The lowest BCUT2D eigenvalue weighted by atomic mass is 9.97. The minimum Gasteiger partial charge on any atom is -0.456 e. The third-order valence-electron chi connectivity index (χ3n) is 6.86. The van der Waals surface area contributed by atoms with Gasteiger partial charge in [0.2, 0.25) is 0 Å². The molecule has 5 aromatic rings. The van der Waals surface area contributed by atoms with E-state index in [-0.39, 0.29) is 0 Å². The molecule has 186 valence electrons. The van der Waals surface area contributed by atoms with Crippen LogP contribution in [0.15, 0.2) is 42.9 Å². The van der Waals surface area contributed by atoms with Gasteiger partial charge in [0.1, 0.15) is 39.4 Å². The molecule has 0 radical (unpaired) electrons. The van der Waals surface area contributed by atoms with Crippen LogP contribution in [-0.2, 0) is 6.54 Å². The van der Waals surface area contributed by atoms with Gasteiger partial charge in [-0.05, 0) is 58.0 Å². The number of ether oxygens (including phenoxy) is 1. The Morgan fingerprint density at radius 2 is 2.00 bits per heavy atom. The molecule has 1 saturated heterocycles. The van der Waals surface area contributed by atoms with Crippen molar-refractivity contribution in [2.24, 2.45) is 5.92 Å². The van der Waals surface area contributed by atoms with Crippen molar-refractivity contribution in [3.05, 3.63) is 59.3 Å². The molecule has 0 saturated carbocycles. The van der Waals surface area contributed by atoms with Crippen molar-refractivity contribution < 1.29 is 4.74 Å². The van der Waals surface area contributed by atoms with Gasteiger partial charge in [0, 0.05) is 30.4 Å². The smallest absolute Gasteiger partial charge is 0.148 e. The van der Waals surface area contributed by atoms with E-state index >= 15 is 0 Å². The van der Waals surface area contributed by atoms with E-state index in [1.165, 1.54) is 12.8 Å². The fraction of sp³-hybridized carbons (Fsp3) is 0.296. The summed E-state index contributed by atoms with van der Waals surface area (Å²) in [5.41, 5.74) is 4.56. The number of nitrogens with zero attached hydrogens (tertiary/aromatic N) is 7. The molecule has 1 fully saturated rings. The van der Waals surface area contributed by atoms with E-state index < -0.39 is 0 Å². The fourth-order valence-electron chi connectivity index (χ4n) is 4.83. The summed E-state index contributed by atoms with van der Waals surface area (Å²) >= 11 is 6.76. The van der Waals surface area contributed by atoms with E-state index in [0.717, 1.165) is 36.5 Å². The van der Waals surface area contributed by atoms with Crippen LogP contribution in [0.5, 0.6) is 11.5 Å². The zero-order valence-corrected chi connectivity index (χ0v) is 21.3. The van der Waals surface area contributed by atoms with Crippen molar-refractivity contribution >= 4 is 33.7 Å². The number of nitrogens with one attached hydrogen (secondary N) is 1. The first kappa shape index (κ1) is 23.4. The fourth-order valence-corrected chi connectivity index (χ4v) is 5.08. The lowest BCUT2D eigenvalue weighted by molar-refractivity contribution is 0.201. The monoisotopic (exact) mass is 512 g/mol. The number of rotatable bonds is 5. The van der Waals surface area contributed by atoms with Gasteiger partial charge in [-0.15, -0.1) is 0 Å². The number of hydrogen-bond acceptors (Lipinski definition) is 7. The number of imidazole rings is 1. The lowest BCUT2D eigenvalue weighted by Crippen LogP contribution is -2.31. The number of benzene rings is 2. The molecule has 0 spiro atoms. The molecule has 4 heterocycles. The zero-order chi connectivity index (χ0) is 25.5. The minimum atomic E-state index is 0.352. The number of halogens is 1. The summed E-state index contributed by atoms with van der Waals surface area (Å²) in [6, 6.07) is 9.22. The van der Waals surface area contributed by atoms with Crippen molar-refractivity contribution in [3.8, 4) is 28.8 Å². The largest absolute Gasteiger partial charge is 0.456 e. The first-order valence-electron chi connectivity index (χ1n) is 12.2. The maximum absolute atomic E-state index is 9.56. The van der Waals surface area contributed by atoms with Gasteiger partial charge in [0.15, 0.2) is 0 Å². The molecule has 0 atom stereocenters. The summed E-state index contributed by atoms with van der Waals surface area (Å²) in [6.07, 6.45) is 7.95. The van der Waals surface area contributed by atoms with Crippen LogP contribution in [0.4, 0.5) is 0 Å². The second kappa shape index (κ2) is 9.47. The average molecular weight is 513 g/mol. The number of aromatic nitrogens is 6. The Labute approximate surface area is 218 Å². The molecule has 2 aromatic carbocycles. The molecule has 1 aliphatic rings. The van der Waals surface area contributed by atoms with Crippen LogP contribution < -0.4 is 4.74 Å². The van der Waals surface area contributed by atoms with Crippen molar-refractivity contribution in [2.45, 2.75) is 26.3 Å². The minimum absolute atomic E-state index is 0.352. The van der Waals surface area contributed by atoms with Crippen molar-refractivity contribution in [3.63, 3.8) is 0 Å². The van der Waals surface area contributed by atoms with E-state index in [9.17, 15) is 5.26 Å². The van der Waals surface area contributed by atoms with E-state index in [2.05, 4.69) is 38.1 Å². The molecule has 6 rings (SSSR count). The van der Waals surface area contributed by atoms with Crippen LogP contribution in [0.25, 0.3) is 33.3 Å². The van der Waals surface area contributed by atoms with Gasteiger partial charge in [-0.2, -0.15) is 10.4 Å². The first-order valence-corrected chi connectivity index (χ1v) is 12.6. The maximum Gasteiger partial charge on any atom is 0.148 e. The molecule has 0 unspecified atom stereocenters. The van der Waals surface area contributed by atoms with Crippen LogP contribution in [0.1, 0.15) is 24.2 Å². The Bertz CT molecular complexity index is 1660.